The van der Waals surface area contributed by atoms with E-state index in [1.165, 1.54) is 11.3 Å². The maximum absolute atomic E-state index is 13.2. The fraction of sp³-hybridized carbons (Fsp3) is 0.200. The topological polar surface area (TPSA) is 97.0 Å². The number of benzene rings is 2. The number of fused-ring (bicyclic) bond motifs is 1. The second kappa shape index (κ2) is 10.8. The number of amides is 1. The summed E-state index contributed by atoms with van der Waals surface area (Å²) in [6.45, 7) is 2.88. The number of piperidine rings is 1. The average Bonchev–Trinajstić information content (AvgIpc) is 3.38. The van der Waals surface area contributed by atoms with E-state index in [1.807, 2.05) is 72.9 Å². The number of aromatic nitrogens is 3. The Labute approximate surface area is 225 Å². The Morgan fingerprint density at radius 2 is 1.84 bits per heavy atom. The molecule has 8 heteroatoms. The molecule has 1 aliphatic rings. The Bertz CT molecular complexity index is 1580. The lowest BCUT2D eigenvalue weighted by molar-refractivity contribution is 0.102. The molecule has 6 rings (SSSR count). The standard InChI is InChI=1S/C30H28N6OS/c31-23-11-14-36(15-12-23)19-20-16-27-30(33-18-20)38-29(35-27)24-8-1-2-10-26(24)34-28(37)22-7-5-6-21(17-22)25-9-3-4-13-32-25/h1-10,13,16-18,23H,11-12,14-15,19,31H2,(H,34,37). The van der Waals surface area contributed by atoms with E-state index in [9.17, 15) is 4.79 Å². The van der Waals surface area contributed by atoms with Crippen molar-refractivity contribution < 1.29 is 4.79 Å². The molecule has 0 bridgehead atoms. The van der Waals surface area contributed by atoms with Gasteiger partial charge in [0.05, 0.1) is 11.4 Å². The van der Waals surface area contributed by atoms with Gasteiger partial charge < -0.3 is 11.1 Å². The van der Waals surface area contributed by atoms with Crippen LogP contribution >= 0.6 is 11.3 Å². The molecule has 4 heterocycles. The van der Waals surface area contributed by atoms with Crippen LogP contribution in [0.3, 0.4) is 0 Å². The van der Waals surface area contributed by atoms with Crippen LogP contribution in [-0.2, 0) is 6.54 Å². The van der Waals surface area contributed by atoms with Gasteiger partial charge in [-0.25, -0.2) is 9.97 Å². The van der Waals surface area contributed by atoms with Gasteiger partial charge in [0.2, 0.25) is 0 Å². The van der Waals surface area contributed by atoms with Crippen LogP contribution in [-0.4, -0.2) is 44.9 Å². The normalized spacial score (nSPS) is 14.6. The van der Waals surface area contributed by atoms with Gasteiger partial charge in [0.1, 0.15) is 15.4 Å². The zero-order valence-electron chi connectivity index (χ0n) is 20.9. The molecule has 1 fully saturated rings. The van der Waals surface area contributed by atoms with Crippen LogP contribution in [0.25, 0.3) is 32.2 Å². The van der Waals surface area contributed by atoms with Gasteiger partial charge in [0.15, 0.2) is 0 Å². The summed E-state index contributed by atoms with van der Waals surface area (Å²) in [5, 5.41) is 3.91. The Kier molecular flexibility index (Phi) is 6.92. The van der Waals surface area contributed by atoms with Crippen LogP contribution in [0.5, 0.6) is 0 Å². The van der Waals surface area contributed by atoms with E-state index in [4.69, 9.17) is 15.7 Å². The maximum Gasteiger partial charge on any atom is 0.255 e. The molecule has 5 aromatic rings. The van der Waals surface area contributed by atoms with Crippen LogP contribution in [0.15, 0.2) is 85.2 Å². The summed E-state index contributed by atoms with van der Waals surface area (Å²) >= 11 is 1.53. The van der Waals surface area contributed by atoms with Crippen LogP contribution in [0, 0.1) is 0 Å². The number of nitrogens with two attached hydrogens (primary N) is 1. The molecular formula is C30H28N6OS. The summed E-state index contributed by atoms with van der Waals surface area (Å²) in [4.78, 5) is 30.5. The number of carbonyl (C=O) groups is 1. The molecule has 3 N–H and O–H groups in total. The van der Waals surface area contributed by atoms with Crippen LogP contribution in [0.1, 0.15) is 28.8 Å². The second-order valence-electron chi connectivity index (χ2n) is 9.60. The van der Waals surface area contributed by atoms with Gasteiger partial charge in [-0.15, -0.1) is 0 Å². The molecule has 1 saturated heterocycles. The van der Waals surface area contributed by atoms with E-state index in [-0.39, 0.29) is 5.91 Å². The zero-order valence-corrected chi connectivity index (χ0v) is 21.7. The van der Waals surface area contributed by atoms with E-state index in [0.717, 1.165) is 70.2 Å². The van der Waals surface area contributed by atoms with Gasteiger partial charge in [-0.1, -0.05) is 41.7 Å². The van der Waals surface area contributed by atoms with E-state index < -0.39 is 0 Å². The first-order chi connectivity index (χ1) is 18.6. The highest BCUT2D eigenvalue weighted by atomic mass is 32.1. The summed E-state index contributed by atoms with van der Waals surface area (Å²) < 4.78 is 0. The van der Waals surface area contributed by atoms with Crippen molar-refractivity contribution in [2.24, 2.45) is 5.73 Å². The summed E-state index contributed by atoms with van der Waals surface area (Å²) in [6, 6.07) is 23.4. The minimum Gasteiger partial charge on any atom is -0.328 e. The van der Waals surface area contributed by atoms with Gasteiger partial charge in [-0.2, -0.15) is 0 Å². The minimum absolute atomic E-state index is 0.182. The molecule has 38 heavy (non-hydrogen) atoms. The Balaban J connectivity index is 1.23. The Morgan fingerprint density at radius 1 is 1.00 bits per heavy atom. The van der Waals surface area contributed by atoms with Gasteiger partial charge in [-0.3, -0.25) is 14.7 Å². The number of pyridine rings is 2. The number of anilines is 1. The fourth-order valence-electron chi connectivity index (χ4n) is 4.76. The van der Waals surface area contributed by atoms with Crippen molar-refractivity contribution in [1.29, 1.82) is 0 Å². The molecule has 0 radical (unpaired) electrons. The number of rotatable bonds is 6. The first-order valence-corrected chi connectivity index (χ1v) is 13.6. The lowest BCUT2D eigenvalue weighted by Crippen LogP contribution is -2.39. The van der Waals surface area contributed by atoms with Crippen molar-refractivity contribution in [1.82, 2.24) is 19.9 Å². The molecule has 2 aromatic carbocycles. The van der Waals surface area contributed by atoms with E-state index in [1.54, 1.807) is 6.20 Å². The summed E-state index contributed by atoms with van der Waals surface area (Å²) in [6.07, 6.45) is 5.76. The summed E-state index contributed by atoms with van der Waals surface area (Å²) in [7, 11) is 0. The summed E-state index contributed by atoms with van der Waals surface area (Å²) in [5.74, 6) is -0.182. The highest BCUT2D eigenvalue weighted by molar-refractivity contribution is 7.21. The highest BCUT2D eigenvalue weighted by Crippen LogP contribution is 2.34. The fourth-order valence-corrected chi connectivity index (χ4v) is 5.69. The third kappa shape index (κ3) is 5.33. The number of nitrogens with zero attached hydrogens (tertiary/aromatic N) is 4. The molecule has 0 atom stereocenters. The van der Waals surface area contributed by atoms with Crippen molar-refractivity contribution in [3.8, 4) is 21.8 Å². The summed E-state index contributed by atoms with van der Waals surface area (Å²) in [5.41, 5.74) is 12.0. The number of thiazole rings is 1. The molecule has 1 amide bonds. The van der Waals surface area contributed by atoms with Crippen molar-refractivity contribution in [2.45, 2.75) is 25.4 Å². The molecule has 1 aliphatic heterocycles. The maximum atomic E-state index is 13.2. The molecule has 0 spiro atoms. The molecule has 0 aliphatic carbocycles. The number of nitrogens with one attached hydrogen (secondary N) is 1. The van der Waals surface area contributed by atoms with Crippen LogP contribution in [0.2, 0.25) is 0 Å². The number of para-hydroxylation sites is 1. The molecule has 3 aromatic heterocycles. The second-order valence-corrected chi connectivity index (χ2v) is 10.6. The molecule has 0 unspecified atom stereocenters. The highest BCUT2D eigenvalue weighted by Gasteiger charge is 2.18. The Morgan fingerprint density at radius 3 is 2.68 bits per heavy atom. The molecule has 190 valence electrons. The van der Waals surface area contributed by atoms with Crippen molar-refractivity contribution in [3.05, 3.63) is 96.3 Å². The minimum atomic E-state index is -0.182. The number of hydrogen-bond donors (Lipinski definition) is 2. The average molecular weight is 521 g/mol. The first-order valence-electron chi connectivity index (χ1n) is 12.8. The first kappa shape index (κ1) is 24.4. The number of likely N-dealkylation sites (tertiary alicyclic amines) is 1. The van der Waals surface area contributed by atoms with Gasteiger partial charge in [0.25, 0.3) is 5.91 Å². The van der Waals surface area contributed by atoms with Crippen molar-refractivity contribution >= 4 is 33.3 Å². The van der Waals surface area contributed by atoms with Crippen molar-refractivity contribution in [3.63, 3.8) is 0 Å². The zero-order chi connectivity index (χ0) is 25.9. The third-order valence-corrected chi connectivity index (χ3v) is 7.85. The van der Waals surface area contributed by atoms with E-state index in [2.05, 4.69) is 21.3 Å². The largest absolute Gasteiger partial charge is 0.328 e. The van der Waals surface area contributed by atoms with Gasteiger partial charge in [-0.05, 0) is 74.0 Å². The van der Waals surface area contributed by atoms with Crippen molar-refractivity contribution in [2.75, 3.05) is 18.4 Å². The number of carbonyl (C=O) groups excluding carboxylic acids is 1. The van der Waals surface area contributed by atoms with Crippen LogP contribution < -0.4 is 11.1 Å². The monoisotopic (exact) mass is 520 g/mol. The van der Waals surface area contributed by atoms with Crippen LogP contribution in [0.4, 0.5) is 5.69 Å². The van der Waals surface area contributed by atoms with Gasteiger partial charge >= 0.3 is 0 Å². The predicted octanol–water partition coefficient (Wildman–Crippen LogP) is 5.60. The third-order valence-electron chi connectivity index (χ3n) is 6.83. The van der Waals surface area contributed by atoms with E-state index in [0.29, 0.717) is 17.3 Å². The lowest BCUT2D eigenvalue weighted by atomic mass is 10.1. The number of hydrogen-bond acceptors (Lipinski definition) is 7. The Hall–Kier alpha value is -3.98. The smallest absolute Gasteiger partial charge is 0.255 e. The SMILES string of the molecule is NC1CCN(Cc2cnc3sc(-c4ccccc4NC(=O)c4cccc(-c5ccccn5)c4)nc3c2)CC1. The molecule has 0 saturated carbocycles. The van der Waals surface area contributed by atoms with Gasteiger partial charge in [0, 0.05) is 41.7 Å². The van der Waals surface area contributed by atoms with E-state index >= 15 is 0 Å². The lowest BCUT2D eigenvalue weighted by Gasteiger charge is -2.29. The molecule has 7 nitrogen and oxygen atoms in total. The molecular weight excluding hydrogens is 492 g/mol. The predicted molar refractivity (Wildman–Crippen MR) is 153 cm³/mol. The quantitative estimate of drug-likeness (QED) is 0.303.